The van der Waals surface area contributed by atoms with Gasteiger partial charge in [0.2, 0.25) is 0 Å². The summed E-state index contributed by atoms with van der Waals surface area (Å²) in [7, 11) is 3.26. The van der Waals surface area contributed by atoms with Crippen LogP contribution < -0.4 is 14.4 Å². The molecule has 0 bridgehead atoms. The van der Waals surface area contributed by atoms with Gasteiger partial charge in [0.05, 0.1) is 18.9 Å². The van der Waals surface area contributed by atoms with E-state index >= 15 is 0 Å². The van der Waals surface area contributed by atoms with Crippen molar-refractivity contribution in [2.24, 2.45) is 0 Å². The first-order chi connectivity index (χ1) is 14.0. The molecule has 0 spiro atoms. The summed E-state index contributed by atoms with van der Waals surface area (Å²) in [6.45, 7) is 6.99. The van der Waals surface area contributed by atoms with E-state index in [4.69, 9.17) is 14.5 Å². The Bertz CT molecular complexity index is 1050. The molecule has 152 valence electrons. The first kappa shape index (κ1) is 19.5. The highest BCUT2D eigenvalue weighted by Gasteiger charge is 2.25. The maximum absolute atomic E-state index is 12.9. The summed E-state index contributed by atoms with van der Waals surface area (Å²) >= 11 is 1.64. The topological polar surface area (TPSA) is 54.9 Å². The summed E-state index contributed by atoms with van der Waals surface area (Å²) in [6.07, 6.45) is 0. The second-order valence-corrected chi connectivity index (χ2v) is 8.23. The summed E-state index contributed by atoms with van der Waals surface area (Å²) in [5.74, 6) is 1.44. The second-order valence-electron chi connectivity index (χ2n) is 7.22. The Labute approximate surface area is 174 Å². The Kier molecular flexibility index (Phi) is 5.32. The monoisotopic (exact) mass is 411 g/mol. The molecule has 1 aliphatic heterocycles. The van der Waals surface area contributed by atoms with Crippen molar-refractivity contribution in [3.05, 3.63) is 47.0 Å². The molecule has 1 aromatic heterocycles. The molecule has 29 heavy (non-hydrogen) atoms. The van der Waals surface area contributed by atoms with Crippen LogP contribution in [0.15, 0.2) is 30.3 Å². The first-order valence-electron chi connectivity index (χ1n) is 9.65. The Balaban J connectivity index is 1.49. The molecule has 1 amide bonds. The first-order valence-corrected chi connectivity index (χ1v) is 10.5. The van der Waals surface area contributed by atoms with Crippen LogP contribution in [0.2, 0.25) is 0 Å². The van der Waals surface area contributed by atoms with Gasteiger partial charge in [-0.25, -0.2) is 4.98 Å². The number of aromatic nitrogens is 1. The lowest BCUT2D eigenvalue weighted by molar-refractivity contribution is 0.0746. The van der Waals surface area contributed by atoms with Crippen molar-refractivity contribution in [3.8, 4) is 11.5 Å². The zero-order valence-corrected chi connectivity index (χ0v) is 18.0. The number of thiazole rings is 1. The number of ether oxygens (including phenoxy) is 2. The fourth-order valence-electron chi connectivity index (χ4n) is 3.59. The van der Waals surface area contributed by atoms with E-state index in [1.165, 1.54) is 5.56 Å². The predicted molar refractivity (Wildman–Crippen MR) is 117 cm³/mol. The van der Waals surface area contributed by atoms with Gasteiger partial charge in [-0.1, -0.05) is 17.4 Å². The summed E-state index contributed by atoms with van der Waals surface area (Å²) in [4.78, 5) is 21.8. The standard InChI is InChI=1S/C22H25N3O3S/c1-14-5-6-16(13-15(14)2)21(26)24-9-11-25(12-10-24)22-23-19-18(29-22)8-7-17(27-3)20(19)28-4/h5-8,13H,9-12H2,1-4H3. The lowest BCUT2D eigenvalue weighted by Gasteiger charge is -2.34. The van der Waals surface area contributed by atoms with E-state index in [0.29, 0.717) is 24.6 Å². The summed E-state index contributed by atoms with van der Waals surface area (Å²) in [6, 6.07) is 9.84. The van der Waals surface area contributed by atoms with Crippen molar-refractivity contribution in [3.63, 3.8) is 0 Å². The zero-order valence-electron chi connectivity index (χ0n) is 17.2. The van der Waals surface area contributed by atoms with Gasteiger partial charge < -0.3 is 19.3 Å². The fraction of sp³-hybridized carbons (Fsp3) is 0.364. The number of benzene rings is 2. The number of amides is 1. The molecule has 1 saturated heterocycles. The van der Waals surface area contributed by atoms with Crippen LogP contribution in [-0.2, 0) is 0 Å². The molecule has 0 radical (unpaired) electrons. The van der Waals surface area contributed by atoms with Crippen molar-refractivity contribution in [1.29, 1.82) is 0 Å². The molecule has 0 unspecified atom stereocenters. The Morgan fingerprint density at radius 2 is 1.76 bits per heavy atom. The Morgan fingerprint density at radius 3 is 2.41 bits per heavy atom. The van der Waals surface area contributed by atoms with E-state index in [1.54, 1.807) is 25.6 Å². The van der Waals surface area contributed by atoms with Crippen LogP contribution in [0.3, 0.4) is 0 Å². The minimum atomic E-state index is 0.100. The molecule has 4 rings (SSSR count). The van der Waals surface area contributed by atoms with Crippen LogP contribution in [0.25, 0.3) is 10.2 Å². The molecular formula is C22H25N3O3S. The number of methoxy groups -OCH3 is 2. The van der Waals surface area contributed by atoms with Crippen LogP contribution in [0.4, 0.5) is 5.13 Å². The van der Waals surface area contributed by atoms with Crippen LogP contribution in [0, 0.1) is 13.8 Å². The van der Waals surface area contributed by atoms with Gasteiger partial charge >= 0.3 is 0 Å². The van der Waals surface area contributed by atoms with Crippen molar-refractivity contribution in [2.75, 3.05) is 45.3 Å². The van der Waals surface area contributed by atoms with E-state index in [2.05, 4.69) is 11.8 Å². The van der Waals surface area contributed by atoms with Crippen LogP contribution in [-0.4, -0.2) is 56.2 Å². The highest BCUT2D eigenvalue weighted by atomic mass is 32.1. The number of piperazine rings is 1. The molecule has 2 aromatic carbocycles. The third kappa shape index (κ3) is 3.62. The number of hydrogen-bond acceptors (Lipinski definition) is 6. The van der Waals surface area contributed by atoms with Gasteiger partial charge in [0.25, 0.3) is 5.91 Å². The largest absolute Gasteiger partial charge is 0.493 e. The van der Waals surface area contributed by atoms with E-state index in [1.807, 2.05) is 42.2 Å². The molecule has 7 heteroatoms. The maximum Gasteiger partial charge on any atom is 0.253 e. The smallest absolute Gasteiger partial charge is 0.253 e. The van der Waals surface area contributed by atoms with Gasteiger partial charge in [-0.2, -0.15) is 0 Å². The third-order valence-corrected chi connectivity index (χ3v) is 6.56. The lowest BCUT2D eigenvalue weighted by atomic mass is 10.1. The molecule has 3 aromatic rings. The summed E-state index contributed by atoms with van der Waals surface area (Å²) in [5.41, 5.74) is 3.93. The minimum Gasteiger partial charge on any atom is -0.493 e. The number of carbonyl (C=O) groups is 1. The Morgan fingerprint density at radius 1 is 1.00 bits per heavy atom. The molecule has 1 fully saturated rings. The quantitative estimate of drug-likeness (QED) is 0.652. The van der Waals surface area contributed by atoms with Gasteiger partial charge in [-0.15, -0.1) is 0 Å². The Hall–Kier alpha value is -2.80. The van der Waals surface area contributed by atoms with Crippen molar-refractivity contribution in [2.45, 2.75) is 13.8 Å². The van der Waals surface area contributed by atoms with Gasteiger partial charge in [0, 0.05) is 31.7 Å². The zero-order chi connectivity index (χ0) is 20.5. The number of anilines is 1. The van der Waals surface area contributed by atoms with E-state index < -0.39 is 0 Å². The minimum absolute atomic E-state index is 0.100. The van der Waals surface area contributed by atoms with Crippen LogP contribution in [0.5, 0.6) is 11.5 Å². The summed E-state index contributed by atoms with van der Waals surface area (Å²) < 4.78 is 12.0. The van der Waals surface area contributed by atoms with Gasteiger partial charge in [-0.3, -0.25) is 4.79 Å². The molecule has 2 heterocycles. The number of carbonyl (C=O) groups excluding carboxylic acids is 1. The maximum atomic E-state index is 12.9. The number of aryl methyl sites for hydroxylation is 2. The second kappa shape index (κ2) is 7.91. The van der Waals surface area contributed by atoms with Crippen molar-refractivity contribution >= 4 is 32.6 Å². The summed E-state index contributed by atoms with van der Waals surface area (Å²) in [5, 5.41) is 0.949. The number of fused-ring (bicyclic) bond motifs is 1. The molecule has 0 aliphatic carbocycles. The average molecular weight is 412 g/mol. The molecule has 0 saturated carbocycles. The predicted octanol–water partition coefficient (Wildman–Crippen LogP) is 3.89. The molecule has 0 atom stereocenters. The highest BCUT2D eigenvalue weighted by Crippen LogP contribution is 2.40. The molecule has 6 nitrogen and oxygen atoms in total. The number of rotatable bonds is 4. The average Bonchev–Trinajstić information content (AvgIpc) is 3.18. The number of nitrogens with zero attached hydrogens (tertiary/aromatic N) is 3. The van der Waals surface area contributed by atoms with Crippen molar-refractivity contribution in [1.82, 2.24) is 9.88 Å². The van der Waals surface area contributed by atoms with E-state index in [0.717, 1.165) is 39.6 Å². The molecule has 1 aliphatic rings. The van der Waals surface area contributed by atoms with Crippen molar-refractivity contribution < 1.29 is 14.3 Å². The third-order valence-electron chi connectivity index (χ3n) is 5.48. The van der Waals surface area contributed by atoms with Crippen LogP contribution in [0.1, 0.15) is 21.5 Å². The molecule has 0 N–H and O–H groups in total. The SMILES string of the molecule is COc1ccc2sc(N3CCN(C(=O)c4ccc(C)c(C)c4)CC3)nc2c1OC. The highest BCUT2D eigenvalue weighted by molar-refractivity contribution is 7.22. The normalized spacial score (nSPS) is 14.3. The van der Waals surface area contributed by atoms with Crippen LogP contribution >= 0.6 is 11.3 Å². The van der Waals surface area contributed by atoms with E-state index in [9.17, 15) is 4.79 Å². The fourth-order valence-corrected chi connectivity index (χ4v) is 4.61. The van der Waals surface area contributed by atoms with Gasteiger partial charge in [-0.05, 0) is 49.2 Å². The van der Waals surface area contributed by atoms with Gasteiger partial charge in [0.1, 0.15) is 5.52 Å². The van der Waals surface area contributed by atoms with E-state index in [-0.39, 0.29) is 5.91 Å². The molecular weight excluding hydrogens is 386 g/mol. The van der Waals surface area contributed by atoms with Gasteiger partial charge in [0.15, 0.2) is 16.6 Å². The number of hydrogen-bond donors (Lipinski definition) is 0. The lowest BCUT2D eigenvalue weighted by Crippen LogP contribution is -2.48.